The number of rotatable bonds is 28. The van der Waals surface area contributed by atoms with Gasteiger partial charge in [0.25, 0.3) is 0 Å². The Labute approximate surface area is 454 Å². The number of hydrogen-bond acceptors (Lipinski definition) is 11. The summed E-state index contributed by atoms with van der Waals surface area (Å²) in [5.74, 6) is -3.18. The molecule has 1 heterocycles. The highest BCUT2D eigenvalue weighted by atomic mass is 32.2. The fourth-order valence-corrected chi connectivity index (χ4v) is 13.5. The number of aliphatic hydroxyl groups excluding tert-OH is 1. The van der Waals surface area contributed by atoms with Gasteiger partial charge in [0.05, 0.1) is 59.9 Å². The van der Waals surface area contributed by atoms with Crippen molar-refractivity contribution in [3.8, 4) is 0 Å². The molecule has 1 aromatic carbocycles. The summed E-state index contributed by atoms with van der Waals surface area (Å²) in [6.07, 6.45) is 12.4. The van der Waals surface area contributed by atoms with Crippen LogP contribution in [-0.2, 0) is 43.0 Å². The van der Waals surface area contributed by atoms with E-state index in [9.17, 15) is 38.7 Å². The zero-order chi connectivity index (χ0) is 55.5. The fourth-order valence-electron chi connectivity index (χ4n) is 11.9. The van der Waals surface area contributed by atoms with Crippen LogP contribution in [0.3, 0.4) is 0 Å². The van der Waals surface area contributed by atoms with Crippen LogP contribution in [0.1, 0.15) is 183 Å². The van der Waals surface area contributed by atoms with Gasteiger partial charge in [-0.1, -0.05) is 137 Å². The van der Waals surface area contributed by atoms with Crippen LogP contribution in [0.2, 0.25) is 0 Å². The maximum absolute atomic E-state index is 14.7. The van der Waals surface area contributed by atoms with Crippen molar-refractivity contribution in [2.45, 2.75) is 230 Å². The number of hydrogen-bond donors (Lipinski definition) is 3. The minimum absolute atomic E-state index is 0.0329. The smallest absolute Gasteiger partial charge is 0.245 e. The Balaban J connectivity index is 1.34. The second kappa shape index (κ2) is 31.5. The zero-order valence-corrected chi connectivity index (χ0v) is 48.7. The Kier molecular flexibility index (Phi) is 26.8. The summed E-state index contributed by atoms with van der Waals surface area (Å²) < 4.78 is 12.1. The van der Waals surface area contributed by atoms with E-state index in [2.05, 4.69) is 10.6 Å². The number of unbranched alkanes of at least 4 members (excludes halogenated alkanes) is 2. The average molecular weight is 1070 g/mol. The standard InChI is InChI=1S/C59H97N5O10S/c1-13-39(6)53(47(73-11)36-50(67)64-34-26-32-45(64)56(74-12)40(7)57(70)60-41(8)54(68)42-27-20-18-21-28-42)63(10)59(72)51(37(2)3)61-58(71)52(38(4)5)62(9)49(66)33-25-19-24-31-44-46(65)35-48(55(44)69)75-43-29-22-16-14-15-17-23-30-43/h18,20-21,27-28,37-41,43-45,47-48,51-54,56,68H,13-17,19,22-26,29-36H2,1-12H3,(H,60,70)(H,61,71)/t39-,40+,41+,44?,45-,47+,48?,51-,52?,53-,54+,56+/m0/s1. The number of ketones is 2. The third-order valence-corrected chi connectivity index (χ3v) is 18.2. The first-order valence-corrected chi connectivity index (χ1v) is 29.6. The quantitative estimate of drug-likeness (QED) is 0.0539. The second-order valence-corrected chi connectivity index (χ2v) is 24.3. The van der Waals surface area contributed by atoms with E-state index in [1.165, 1.54) is 50.5 Å². The summed E-state index contributed by atoms with van der Waals surface area (Å²) in [5, 5.41) is 17.1. The van der Waals surface area contributed by atoms with Crippen LogP contribution in [0.15, 0.2) is 30.3 Å². The fraction of sp³-hybridized carbons (Fsp3) is 0.780. The van der Waals surface area contributed by atoms with Crippen molar-refractivity contribution in [3.05, 3.63) is 35.9 Å². The maximum Gasteiger partial charge on any atom is 0.245 e. The first-order valence-electron chi connectivity index (χ1n) is 28.6. The largest absolute Gasteiger partial charge is 0.386 e. The molecule has 1 saturated heterocycles. The zero-order valence-electron chi connectivity index (χ0n) is 47.9. The highest BCUT2D eigenvalue weighted by Crippen LogP contribution is 2.38. The second-order valence-electron chi connectivity index (χ2n) is 22.8. The highest BCUT2D eigenvalue weighted by molar-refractivity contribution is 8.01. The first-order chi connectivity index (χ1) is 35.7. The molecule has 0 spiro atoms. The molecule has 75 heavy (non-hydrogen) atoms. The SMILES string of the molecule is CC[C@H](C)[C@@H]([C@@H](CC(=O)N1CCC[C@H]1[C@H](OC)[C@@H](C)C(=O)N[C@H](C)[C@@H](O)c1ccccc1)OC)N(C)C(=O)[C@@H](NC(=O)C(C(C)C)N(C)C(=O)CCCCCC1C(=O)CC(SC2CCCCCCCC2)C1=O)C(C)C. The topological polar surface area (TPSA) is 192 Å². The third kappa shape index (κ3) is 17.8. The molecule has 0 radical (unpaired) electrons. The van der Waals surface area contributed by atoms with Gasteiger partial charge in [0, 0.05) is 53.0 Å². The van der Waals surface area contributed by atoms with Crippen molar-refractivity contribution in [1.29, 1.82) is 0 Å². The van der Waals surface area contributed by atoms with Gasteiger partial charge in [-0.2, -0.15) is 0 Å². The van der Waals surface area contributed by atoms with Gasteiger partial charge >= 0.3 is 0 Å². The molecule has 16 heteroatoms. The molecule has 15 nitrogen and oxygen atoms in total. The summed E-state index contributed by atoms with van der Waals surface area (Å²) in [6.45, 7) is 15.5. The van der Waals surface area contributed by atoms with Crippen molar-refractivity contribution in [3.63, 3.8) is 0 Å². The lowest BCUT2D eigenvalue weighted by atomic mass is 9.89. The molecule has 2 saturated carbocycles. The van der Waals surface area contributed by atoms with Gasteiger partial charge in [-0.3, -0.25) is 33.6 Å². The van der Waals surface area contributed by atoms with Gasteiger partial charge in [-0.15, -0.1) is 11.8 Å². The van der Waals surface area contributed by atoms with E-state index < -0.39 is 66.3 Å². The van der Waals surface area contributed by atoms with Gasteiger partial charge in [0.15, 0.2) is 5.78 Å². The van der Waals surface area contributed by atoms with Gasteiger partial charge in [0.2, 0.25) is 29.5 Å². The Morgan fingerprint density at radius 1 is 0.787 bits per heavy atom. The first kappa shape index (κ1) is 63.7. The van der Waals surface area contributed by atoms with Crippen LogP contribution >= 0.6 is 11.8 Å². The molecule has 1 aliphatic heterocycles. The minimum Gasteiger partial charge on any atom is -0.386 e. The van der Waals surface area contributed by atoms with Crippen LogP contribution < -0.4 is 10.6 Å². The van der Waals surface area contributed by atoms with Gasteiger partial charge < -0.3 is 39.9 Å². The molecule has 0 bridgehead atoms. The predicted octanol–water partition coefficient (Wildman–Crippen LogP) is 8.48. The molecule has 3 N–H and O–H groups in total. The summed E-state index contributed by atoms with van der Waals surface area (Å²) in [6, 6.07) is 5.85. The predicted molar refractivity (Wildman–Crippen MR) is 297 cm³/mol. The van der Waals surface area contributed by atoms with Gasteiger partial charge in [-0.05, 0) is 68.8 Å². The summed E-state index contributed by atoms with van der Waals surface area (Å²) in [5.41, 5.74) is 0.692. The van der Waals surface area contributed by atoms with Crippen molar-refractivity contribution in [2.24, 2.45) is 29.6 Å². The van der Waals surface area contributed by atoms with Crippen LogP contribution in [0, 0.1) is 29.6 Å². The third-order valence-electron chi connectivity index (χ3n) is 16.7. The normalized spacial score (nSPS) is 22.5. The summed E-state index contributed by atoms with van der Waals surface area (Å²) >= 11 is 1.75. The van der Waals surface area contributed by atoms with E-state index in [1.807, 2.05) is 71.9 Å². The van der Waals surface area contributed by atoms with Crippen LogP contribution in [0.4, 0.5) is 0 Å². The van der Waals surface area contributed by atoms with E-state index in [1.54, 1.807) is 56.6 Å². The van der Waals surface area contributed by atoms with E-state index in [4.69, 9.17) is 9.47 Å². The molecule has 3 unspecified atom stereocenters. The number of likely N-dealkylation sites (N-methyl/N-ethyl adjacent to an activating group) is 2. The number of aliphatic hydroxyl groups is 1. The van der Waals surface area contributed by atoms with E-state index in [0.29, 0.717) is 62.3 Å². The van der Waals surface area contributed by atoms with Crippen LogP contribution in [0.5, 0.6) is 0 Å². The van der Waals surface area contributed by atoms with Crippen molar-refractivity contribution in [2.75, 3.05) is 34.9 Å². The Morgan fingerprint density at radius 3 is 2.01 bits per heavy atom. The number of likely N-dealkylation sites (tertiary alicyclic amines) is 1. The maximum atomic E-state index is 14.7. The Morgan fingerprint density at radius 2 is 1.43 bits per heavy atom. The molecule has 424 valence electrons. The molecular weight excluding hydrogens is 971 g/mol. The van der Waals surface area contributed by atoms with Crippen molar-refractivity contribution < 1.29 is 48.1 Å². The average Bonchev–Trinajstić information content (AvgIpc) is 4.01. The molecule has 3 aliphatic rings. The number of amides is 5. The highest BCUT2D eigenvalue weighted by Gasteiger charge is 2.45. The minimum atomic E-state index is -0.943. The van der Waals surface area contributed by atoms with Crippen molar-refractivity contribution >= 4 is 52.9 Å². The molecule has 2 aliphatic carbocycles. The molecule has 12 atom stereocenters. The van der Waals surface area contributed by atoms with E-state index in [-0.39, 0.29) is 71.0 Å². The number of thioether (sulfide) groups is 1. The van der Waals surface area contributed by atoms with Gasteiger partial charge in [-0.25, -0.2) is 0 Å². The summed E-state index contributed by atoms with van der Waals surface area (Å²) in [4.78, 5) is 102. The molecule has 3 fully saturated rings. The number of nitrogens with zero attached hydrogens (tertiary/aromatic N) is 3. The molecular formula is C59H97N5O10S. The van der Waals surface area contributed by atoms with E-state index in [0.717, 1.165) is 19.3 Å². The summed E-state index contributed by atoms with van der Waals surface area (Å²) in [7, 11) is 6.40. The van der Waals surface area contributed by atoms with Crippen LogP contribution in [-0.4, -0.2) is 149 Å². The molecule has 0 aromatic heterocycles. The lowest BCUT2D eigenvalue weighted by Gasteiger charge is -2.41. The number of carbonyl (C=O) groups excluding carboxylic acids is 7. The number of ether oxygens (including phenoxy) is 2. The lowest BCUT2D eigenvalue weighted by molar-refractivity contribution is -0.148. The molecule has 4 rings (SSSR count). The van der Waals surface area contributed by atoms with Crippen LogP contribution in [0.25, 0.3) is 0 Å². The lowest BCUT2D eigenvalue weighted by Crippen LogP contribution is -2.60. The van der Waals surface area contributed by atoms with E-state index >= 15 is 0 Å². The number of benzene rings is 1. The molecule has 1 aromatic rings. The number of methoxy groups -OCH3 is 2. The monoisotopic (exact) mass is 1070 g/mol. The number of nitrogens with one attached hydrogen (secondary N) is 2. The Hall–Kier alpha value is -3.86. The Bertz CT molecular complexity index is 1980. The molecule has 5 amide bonds. The number of carbonyl (C=O) groups is 7. The van der Waals surface area contributed by atoms with Crippen molar-refractivity contribution in [1.82, 2.24) is 25.3 Å². The number of Topliss-reactive ketones (excluding diaryl/α,β-unsaturated/α-hetero) is 2. The van der Waals surface area contributed by atoms with Gasteiger partial charge in [0.1, 0.15) is 17.9 Å².